The molecular formula is C33H47N5O9S2. The van der Waals surface area contributed by atoms with Crippen LogP contribution >= 0.6 is 0 Å². The summed E-state index contributed by atoms with van der Waals surface area (Å²) in [7, 11) is -3.30. The van der Waals surface area contributed by atoms with Crippen LogP contribution in [0.3, 0.4) is 0 Å². The van der Waals surface area contributed by atoms with Gasteiger partial charge in [0, 0.05) is 51.6 Å². The Labute approximate surface area is 289 Å². The Morgan fingerprint density at radius 1 is 1.12 bits per heavy atom. The third-order valence-corrected chi connectivity index (χ3v) is 11.6. The minimum Gasteiger partial charge on any atom is -0.497 e. The van der Waals surface area contributed by atoms with Crippen LogP contribution in [0.4, 0.5) is 5.69 Å². The fourth-order valence-corrected chi connectivity index (χ4v) is 7.64. The number of ether oxygens (including phenoxy) is 3. The molecule has 0 aliphatic carbocycles. The number of methoxy groups -OCH3 is 1. The van der Waals surface area contributed by atoms with E-state index in [2.05, 4.69) is 9.71 Å². The predicted molar refractivity (Wildman–Crippen MR) is 184 cm³/mol. The highest BCUT2D eigenvalue weighted by atomic mass is 32.2. The maximum Gasteiger partial charge on any atom is 0.261 e. The van der Waals surface area contributed by atoms with Crippen molar-refractivity contribution in [2.45, 2.75) is 68.2 Å². The molecule has 1 aromatic heterocycles. The number of aliphatic hydroxyl groups is 1. The van der Waals surface area contributed by atoms with E-state index in [1.807, 2.05) is 13.8 Å². The molecule has 0 saturated carbocycles. The maximum absolute atomic E-state index is 14.4. The summed E-state index contributed by atoms with van der Waals surface area (Å²) in [5.41, 5.74) is 0.256. The molecule has 0 unspecified atom stereocenters. The van der Waals surface area contributed by atoms with Crippen LogP contribution in [0.5, 0.6) is 11.5 Å². The summed E-state index contributed by atoms with van der Waals surface area (Å²) in [6.45, 7) is 5.56. The first kappa shape index (κ1) is 38.1. The highest BCUT2D eigenvalue weighted by Gasteiger charge is 2.33. The third kappa shape index (κ3) is 9.51. The highest BCUT2D eigenvalue weighted by molar-refractivity contribution is 7.92. The second kappa shape index (κ2) is 16.3. The number of rotatable bonds is 10. The molecule has 0 radical (unpaired) electrons. The van der Waals surface area contributed by atoms with Crippen molar-refractivity contribution in [3.8, 4) is 11.5 Å². The van der Waals surface area contributed by atoms with Crippen LogP contribution in [0.2, 0.25) is 0 Å². The van der Waals surface area contributed by atoms with E-state index in [1.165, 1.54) is 72.3 Å². The van der Waals surface area contributed by atoms with Crippen LogP contribution in [0.1, 0.15) is 50.4 Å². The Kier molecular flexibility index (Phi) is 12.7. The molecule has 3 aromatic rings. The Balaban J connectivity index is 1.67. The van der Waals surface area contributed by atoms with Crippen LogP contribution in [-0.2, 0) is 31.8 Å². The van der Waals surface area contributed by atoms with E-state index in [1.54, 1.807) is 24.6 Å². The zero-order valence-corrected chi connectivity index (χ0v) is 30.4. The van der Waals surface area contributed by atoms with Gasteiger partial charge in [-0.3, -0.25) is 9.52 Å². The normalized spacial score (nSPS) is 20.6. The number of aliphatic hydroxyl groups excluding tert-OH is 1. The number of carbonyl (C=O) groups excluding carboxylic acids is 1. The van der Waals surface area contributed by atoms with Gasteiger partial charge in [-0.25, -0.2) is 21.8 Å². The van der Waals surface area contributed by atoms with Crippen molar-refractivity contribution in [3.05, 3.63) is 60.6 Å². The number of aryl methyl sites for hydroxylation is 1. The molecule has 0 bridgehead atoms. The molecule has 0 fully saturated rings. The number of fused-ring (bicyclic) bond motifs is 1. The summed E-state index contributed by atoms with van der Waals surface area (Å²) in [5, 5.41) is 10.1. The first-order chi connectivity index (χ1) is 23.2. The van der Waals surface area contributed by atoms with Crippen LogP contribution < -0.4 is 14.2 Å². The largest absolute Gasteiger partial charge is 0.497 e. The lowest BCUT2D eigenvalue weighted by Crippen LogP contribution is -2.48. The number of carbonyl (C=O) groups is 1. The predicted octanol–water partition coefficient (Wildman–Crippen LogP) is 3.35. The summed E-state index contributed by atoms with van der Waals surface area (Å²) in [6, 6.07) is 9.79. The van der Waals surface area contributed by atoms with Crippen molar-refractivity contribution in [2.75, 3.05) is 45.2 Å². The Hall–Kier alpha value is -3.70. The lowest BCUT2D eigenvalue weighted by Gasteiger charge is -2.35. The number of benzene rings is 2. The molecule has 16 heteroatoms. The summed E-state index contributed by atoms with van der Waals surface area (Å²) in [4.78, 5) is 19.9. The minimum atomic E-state index is -4.02. The number of hydrogen-bond acceptors (Lipinski definition) is 10. The molecule has 2 N–H and O–H groups in total. The lowest BCUT2D eigenvalue weighted by atomic mass is 10.0. The number of aromatic nitrogens is 2. The number of sulfonamides is 2. The fourth-order valence-electron chi connectivity index (χ4n) is 5.45. The van der Waals surface area contributed by atoms with Gasteiger partial charge in [-0.15, -0.1) is 0 Å². The van der Waals surface area contributed by atoms with Crippen molar-refractivity contribution in [2.24, 2.45) is 13.0 Å². The van der Waals surface area contributed by atoms with E-state index in [0.717, 1.165) is 6.42 Å². The molecule has 1 amide bonds. The van der Waals surface area contributed by atoms with Gasteiger partial charge in [-0.05, 0) is 75.6 Å². The number of nitrogens with zero attached hydrogens (tertiary/aromatic N) is 4. The van der Waals surface area contributed by atoms with E-state index >= 15 is 0 Å². The van der Waals surface area contributed by atoms with E-state index in [0.29, 0.717) is 25.2 Å². The molecular weight excluding hydrogens is 675 g/mol. The van der Waals surface area contributed by atoms with Gasteiger partial charge in [0.25, 0.3) is 26.0 Å². The molecule has 1 aliphatic heterocycles. The highest BCUT2D eigenvalue weighted by Crippen LogP contribution is 2.30. The van der Waals surface area contributed by atoms with Gasteiger partial charge in [0.05, 0.1) is 48.8 Å². The molecule has 0 spiro atoms. The van der Waals surface area contributed by atoms with Crippen molar-refractivity contribution in [1.82, 2.24) is 18.8 Å². The zero-order chi connectivity index (χ0) is 35.9. The number of nitrogens with one attached hydrogen (secondary N) is 1. The summed E-state index contributed by atoms with van der Waals surface area (Å²) < 4.78 is 76.1. The number of anilines is 1. The van der Waals surface area contributed by atoms with Gasteiger partial charge in [0.1, 0.15) is 11.5 Å². The van der Waals surface area contributed by atoms with Gasteiger partial charge in [-0.2, -0.15) is 4.31 Å². The van der Waals surface area contributed by atoms with Gasteiger partial charge in [0.15, 0.2) is 5.03 Å². The van der Waals surface area contributed by atoms with Crippen molar-refractivity contribution < 1.29 is 40.9 Å². The molecule has 14 nitrogen and oxygen atoms in total. The quantitative estimate of drug-likeness (QED) is 0.317. The molecule has 2 heterocycles. The second-order valence-electron chi connectivity index (χ2n) is 12.5. The number of amides is 1. The molecule has 4 rings (SSSR count). The molecule has 0 saturated heterocycles. The lowest BCUT2D eigenvalue weighted by molar-refractivity contribution is -0.00835. The molecule has 2 aromatic carbocycles. The smallest absolute Gasteiger partial charge is 0.261 e. The standard InChI is InChI=1S/C33H47N5O9S2/c1-23-18-38(24(2)21-39)33(40)29-17-26(35-48(41,42)28-13-11-27(45-6)12-14-28)10-15-30(29)47-25(3)9-7-8-16-46-31(23)19-37(5)49(43,44)32-20-36(4)22-34-32/h10-15,17,20,22-25,31,35,39H,7-9,16,18-19,21H2,1-6H3/t23-,24+,25-,31+/m1/s1. The SMILES string of the molecule is COc1ccc(S(=O)(=O)Nc2ccc3c(c2)C(=O)N([C@@H](C)CO)C[C@@H](C)[C@H](CN(C)S(=O)(=O)c2cn(C)cn2)OCCCC[C@@H](C)O3)cc1. The maximum atomic E-state index is 14.4. The van der Waals surface area contributed by atoms with Crippen LogP contribution in [0.15, 0.2) is 64.9 Å². The van der Waals surface area contributed by atoms with Crippen molar-refractivity contribution >= 4 is 31.6 Å². The van der Waals surface area contributed by atoms with Crippen molar-refractivity contribution in [3.63, 3.8) is 0 Å². The Morgan fingerprint density at radius 2 is 1.84 bits per heavy atom. The monoisotopic (exact) mass is 721 g/mol. The Morgan fingerprint density at radius 3 is 2.47 bits per heavy atom. The van der Waals surface area contributed by atoms with Crippen molar-refractivity contribution in [1.29, 1.82) is 0 Å². The molecule has 4 atom stereocenters. The van der Waals surface area contributed by atoms with Gasteiger partial charge in [-0.1, -0.05) is 6.92 Å². The van der Waals surface area contributed by atoms with E-state index in [-0.39, 0.29) is 58.6 Å². The summed E-state index contributed by atoms with van der Waals surface area (Å²) >= 11 is 0. The fraction of sp³-hybridized carbons (Fsp3) is 0.515. The molecule has 1 aliphatic rings. The molecule has 49 heavy (non-hydrogen) atoms. The van der Waals surface area contributed by atoms with Gasteiger partial charge < -0.3 is 28.8 Å². The summed E-state index contributed by atoms with van der Waals surface area (Å²) in [6.07, 6.45) is 4.04. The van der Waals surface area contributed by atoms with Crippen LogP contribution in [0.25, 0.3) is 0 Å². The van der Waals surface area contributed by atoms with Crippen LogP contribution in [-0.4, -0.2) is 105 Å². The van der Waals surface area contributed by atoms with Gasteiger partial charge >= 0.3 is 0 Å². The van der Waals surface area contributed by atoms with E-state index in [9.17, 15) is 26.7 Å². The number of hydrogen-bond donors (Lipinski definition) is 2. The zero-order valence-electron chi connectivity index (χ0n) is 28.8. The first-order valence-corrected chi connectivity index (χ1v) is 19.0. The Bertz CT molecular complexity index is 1780. The number of imidazole rings is 1. The topological polar surface area (TPSA) is 170 Å². The summed E-state index contributed by atoms with van der Waals surface area (Å²) in [5.74, 6) is -0.101. The average Bonchev–Trinajstić information content (AvgIpc) is 3.52. The third-order valence-electron chi connectivity index (χ3n) is 8.47. The van der Waals surface area contributed by atoms with E-state index in [4.69, 9.17) is 14.2 Å². The second-order valence-corrected chi connectivity index (χ2v) is 16.1. The van der Waals surface area contributed by atoms with E-state index < -0.39 is 38.1 Å². The average molecular weight is 722 g/mol. The number of likely N-dealkylation sites (N-methyl/N-ethyl adjacent to an activating group) is 1. The van der Waals surface area contributed by atoms with Crippen LogP contribution in [0, 0.1) is 5.92 Å². The van der Waals surface area contributed by atoms with Gasteiger partial charge in [0.2, 0.25) is 0 Å². The first-order valence-electron chi connectivity index (χ1n) is 16.1. The minimum absolute atomic E-state index is 0.00298. The molecule has 270 valence electrons.